The van der Waals surface area contributed by atoms with E-state index in [4.69, 9.17) is 21.1 Å². The zero-order valence-electron chi connectivity index (χ0n) is 12.8. The first kappa shape index (κ1) is 16.9. The molecule has 0 atom stereocenters. The maximum absolute atomic E-state index is 12.4. The predicted molar refractivity (Wildman–Crippen MR) is 86.8 cm³/mol. The van der Waals surface area contributed by atoms with Crippen molar-refractivity contribution in [3.63, 3.8) is 0 Å². The average molecular weight is 341 g/mol. The fourth-order valence-corrected chi connectivity index (χ4v) is 3.03. The number of nitrogens with zero attached hydrogens (tertiary/aromatic N) is 2. The first-order valence-corrected chi connectivity index (χ1v) is 8.15. The van der Waals surface area contributed by atoms with E-state index in [1.54, 1.807) is 38.1 Å². The highest BCUT2D eigenvalue weighted by atomic mass is 35.5. The molecule has 0 aliphatic rings. The third-order valence-electron chi connectivity index (χ3n) is 3.09. The maximum atomic E-state index is 12.4. The van der Waals surface area contributed by atoms with Gasteiger partial charge in [-0.05, 0) is 25.3 Å². The number of methoxy groups -OCH3 is 1. The van der Waals surface area contributed by atoms with Gasteiger partial charge >= 0.3 is 5.97 Å². The number of carbonyl (C=O) groups excluding carboxylic acids is 1. The minimum atomic E-state index is -0.516. The van der Waals surface area contributed by atoms with Gasteiger partial charge in [0, 0.05) is 30.7 Å². The first-order chi connectivity index (χ1) is 10.5. The van der Waals surface area contributed by atoms with Crippen molar-refractivity contribution in [2.24, 2.45) is 7.05 Å². The summed E-state index contributed by atoms with van der Waals surface area (Å²) in [6, 6.07) is 5.20. The Morgan fingerprint density at radius 3 is 2.73 bits per heavy atom. The lowest BCUT2D eigenvalue weighted by Gasteiger charge is -2.12. The largest absolute Gasteiger partial charge is 0.404 e. The van der Waals surface area contributed by atoms with Crippen LogP contribution in [0.25, 0.3) is 0 Å². The number of halogens is 1. The number of hydrogen-bond acceptors (Lipinski definition) is 5. The Labute approximate surface area is 138 Å². The predicted octanol–water partition coefficient (Wildman–Crippen LogP) is 3.47. The summed E-state index contributed by atoms with van der Waals surface area (Å²) in [4.78, 5) is 13.3. The Bertz CT molecular complexity index is 700. The third-order valence-corrected chi connectivity index (χ3v) is 4.34. The highest BCUT2D eigenvalue weighted by Gasteiger charge is 2.19. The van der Waals surface area contributed by atoms with E-state index in [1.165, 1.54) is 4.68 Å². The van der Waals surface area contributed by atoms with Gasteiger partial charge in [0.05, 0.1) is 22.9 Å². The van der Waals surface area contributed by atoms with Crippen LogP contribution < -0.4 is 4.74 Å². The second-order valence-corrected chi connectivity index (χ2v) is 5.90. The number of rotatable bonds is 5. The molecule has 2 rings (SSSR count). The van der Waals surface area contributed by atoms with Crippen LogP contribution >= 0.6 is 23.4 Å². The van der Waals surface area contributed by atoms with E-state index in [0.717, 1.165) is 16.2 Å². The van der Waals surface area contributed by atoms with Crippen LogP contribution in [-0.2, 0) is 18.4 Å². The van der Waals surface area contributed by atoms with E-state index in [2.05, 4.69) is 5.10 Å². The van der Waals surface area contributed by atoms with Gasteiger partial charge in [0.15, 0.2) is 0 Å². The van der Waals surface area contributed by atoms with E-state index in [0.29, 0.717) is 23.1 Å². The molecule has 1 aromatic carbocycles. The zero-order chi connectivity index (χ0) is 16.3. The Balaban J connectivity index is 2.33. The first-order valence-electron chi connectivity index (χ1n) is 6.55. The highest BCUT2D eigenvalue weighted by Crippen LogP contribution is 2.31. The van der Waals surface area contributed by atoms with Gasteiger partial charge in [-0.1, -0.05) is 11.6 Å². The number of benzene rings is 1. The van der Waals surface area contributed by atoms with Crippen LogP contribution in [0, 0.1) is 6.92 Å². The number of esters is 1. The van der Waals surface area contributed by atoms with Gasteiger partial charge in [-0.15, -0.1) is 11.8 Å². The van der Waals surface area contributed by atoms with E-state index in [-0.39, 0.29) is 0 Å². The van der Waals surface area contributed by atoms with Gasteiger partial charge in [0.25, 0.3) is 0 Å². The number of hydrogen-bond donors (Lipinski definition) is 0. The fraction of sp³-hybridized carbons (Fsp3) is 0.333. The highest BCUT2D eigenvalue weighted by molar-refractivity contribution is 7.98. The van der Waals surface area contributed by atoms with Crippen LogP contribution in [0.5, 0.6) is 5.88 Å². The molecule has 0 N–H and O–H groups in total. The van der Waals surface area contributed by atoms with Crippen molar-refractivity contribution in [1.29, 1.82) is 0 Å². The lowest BCUT2D eigenvalue weighted by atomic mass is 10.1. The number of aryl methyl sites for hydroxylation is 2. The molecule has 0 aliphatic heterocycles. The quantitative estimate of drug-likeness (QED) is 0.616. The molecule has 1 aromatic heterocycles. The summed E-state index contributed by atoms with van der Waals surface area (Å²) >= 11 is 7.91. The lowest BCUT2D eigenvalue weighted by molar-refractivity contribution is 0.0720. The fourth-order valence-electron chi connectivity index (χ4n) is 2.06. The van der Waals surface area contributed by atoms with Crippen molar-refractivity contribution in [2.75, 3.05) is 13.4 Å². The molecule has 0 amide bonds. The van der Waals surface area contributed by atoms with Gasteiger partial charge in [-0.3, -0.25) is 0 Å². The van der Waals surface area contributed by atoms with Gasteiger partial charge in [0.2, 0.25) is 5.88 Å². The Hall–Kier alpha value is -1.50. The maximum Gasteiger partial charge on any atom is 0.346 e. The normalized spacial score (nSPS) is 10.8. The molecule has 0 bridgehead atoms. The summed E-state index contributed by atoms with van der Waals surface area (Å²) in [5.41, 5.74) is 1.87. The van der Waals surface area contributed by atoms with Crippen LogP contribution in [0.1, 0.15) is 21.6 Å². The molecule has 0 fully saturated rings. The van der Waals surface area contributed by atoms with Crippen LogP contribution in [0.2, 0.25) is 5.02 Å². The second kappa shape index (κ2) is 7.17. The third kappa shape index (κ3) is 3.45. The molecule has 0 unspecified atom stereocenters. The van der Waals surface area contributed by atoms with Crippen molar-refractivity contribution in [1.82, 2.24) is 9.78 Å². The van der Waals surface area contributed by atoms with Crippen molar-refractivity contribution in [3.8, 4) is 5.88 Å². The topological polar surface area (TPSA) is 53.4 Å². The standard InChI is InChI=1S/C15H17ClN2O3S/c1-9-7-13(18(2)17-9)21-15(19)10-5-6-12(22-4)11(8-20-3)14(10)16/h5-7H,8H2,1-4H3. The Kier molecular flexibility index (Phi) is 5.50. The molecule has 5 nitrogen and oxygen atoms in total. The summed E-state index contributed by atoms with van der Waals surface area (Å²) in [6.45, 7) is 2.16. The minimum absolute atomic E-state index is 0.311. The monoisotopic (exact) mass is 340 g/mol. The molecule has 0 saturated heterocycles. The summed E-state index contributed by atoms with van der Waals surface area (Å²) in [5, 5.41) is 4.50. The minimum Gasteiger partial charge on any atom is -0.404 e. The molecule has 0 aliphatic carbocycles. The van der Waals surface area contributed by atoms with Crippen LogP contribution in [0.3, 0.4) is 0 Å². The summed E-state index contributed by atoms with van der Waals surface area (Å²) in [7, 11) is 3.30. The van der Waals surface area contributed by atoms with Gasteiger partial charge in [-0.25, -0.2) is 9.48 Å². The van der Waals surface area contributed by atoms with Crippen molar-refractivity contribution in [2.45, 2.75) is 18.4 Å². The molecule has 2 aromatic rings. The number of thioether (sulfide) groups is 1. The molecule has 118 valence electrons. The van der Waals surface area contributed by atoms with Crippen molar-refractivity contribution >= 4 is 29.3 Å². The van der Waals surface area contributed by atoms with E-state index >= 15 is 0 Å². The van der Waals surface area contributed by atoms with Crippen LogP contribution in [0.15, 0.2) is 23.1 Å². The van der Waals surface area contributed by atoms with Crippen molar-refractivity contribution < 1.29 is 14.3 Å². The van der Waals surface area contributed by atoms with Gasteiger partial charge in [0.1, 0.15) is 0 Å². The van der Waals surface area contributed by atoms with E-state index in [1.807, 2.05) is 19.2 Å². The van der Waals surface area contributed by atoms with E-state index < -0.39 is 5.97 Å². The Morgan fingerprint density at radius 2 is 2.18 bits per heavy atom. The molecule has 0 spiro atoms. The smallest absolute Gasteiger partial charge is 0.346 e. The molecule has 1 heterocycles. The van der Waals surface area contributed by atoms with Crippen LogP contribution in [-0.4, -0.2) is 29.1 Å². The summed E-state index contributed by atoms with van der Waals surface area (Å²) in [5.74, 6) is -0.140. The molecule has 0 saturated carbocycles. The van der Waals surface area contributed by atoms with Gasteiger partial charge in [-0.2, -0.15) is 5.10 Å². The number of aromatic nitrogens is 2. The van der Waals surface area contributed by atoms with E-state index in [9.17, 15) is 4.79 Å². The summed E-state index contributed by atoms with van der Waals surface area (Å²) in [6.07, 6.45) is 1.95. The second-order valence-electron chi connectivity index (χ2n) is 4.68. The van der Waals surface area contributed by atoms with Gasteiger partial charge < -0.3 is 9.47 Å². The molecule has 0 radical (unpaired) electrons. The zero-order valence-corrected chi connectivity index (χ0v) is 14.4. The Morgan fingerprint density at radius 1 is 1.45 bits per heavy atom. The molecular formula is C15H17ClN2O3S. The van der Waals surface area contributed by atoms with Crippen molar-refractivity contribution in [3.05, 3.63) is 40.0 Å². The molecule has 7 heteroatoms. The van der Waals surface area contributed by atoms with Crippen LogP contribution in [0.4, 0.5) is 0 Å². The molecule has 22 heavy (non-hydrogen) atoms. The number of ether oxygens (including phenoxy) is 2. The summed E-state index contributed by atoms with van der Waals surface area (Å²) < 4.78 is 12.0. The molecular weight excluding hydrogens is 324 g/mol. The SMILES string of the molecule is COCc1c(SC)ccc(C(=O)Oc2cc(C)nn2C)c1Cl. The number of carbonyl (C=O) groups is 1. The average Bonchev–Trinajstić information content (AvgIpc) is 2.79. The lowest BCUT2D eigenvalue weighted by Crippen LogP contribution is -2.12.